The normalized spacial score (nSPS) is 45.2. The van der Waals surface area contributed by atoms with Crippen LogP contribution in [-0.4, -0.2) is 17.9 Å². The molecule has 5 atom stereocenters. The first-order valence-electron chi connectivity index (χ1n) is 6.82. The van der Waals surface area contributed by atoms with E-state index in [1.165, 1.54) is 0 Å². The molecule has 1 saturated heterocycles. The van der Waals surface area contributed by atoms with Gasteiger partial charge in [-0.25, -0.2) is 4.79 Å². The van der Waals surface area contributed by atoms with Gasteiger partial charge in [-0.1, -0.05) is 13.5 Å². The second kappa shape index (κ2) is 3.69. The molecule has 0 unspecified atom stereocenters. The summed E-state index contributed by atoms with van der Waals surface area (Å²) in [6, 6.07) is 0. The SMILES string of the molecule is C=C1C(=O)O[C@@H]2C[C@@]3(C)[C@H](C[C@@H]12)[C@@H]3CCC(C)=O. The van der Waals surface area contributed by atoms with E-state index in [4.69, 9.17) is 4.74 Å². The fourth-order valence-electron chi connectivity index (χ4n) is 4.25. The molecule has 0 aromatic carbocycles. The number of Topliss-reactive ketones (excluding diaryl/α,β-unsaturated/α-hetero) is 1. The van der Waals surface area contributed by atoms with E-state index in [9.17, 15) is 9.59 Å². The molecular formula is C15H20O3. The van der Waals surface area contributed by atoms with Gasteiger partial charge < -0.3 is 9.53 Å². The number of ketones is 1. The third-order valence-electron chi connectivity index (χ3n) is 5.44. The Kier molecular flexibility index (Phi) is 2.45. The molecule has 0 amide bonds. The predicted octanol–water partition coefficient (Wildman–Crippen LogP) is 2.50. The summed E-state index contributed by atoms with van der Waals surface area (Å²) >= 11 is 0. The van der Waals surface area contributed by atoms with Crippen molar-refractivity contribution in [2.45, 2.75) is 45.6 Å². The molecule has 0 spiro atoms. The lowest BCUT2D eigenvalue weighted by Crippen LogP contribution is -2.26. The number of carbonyl (C=O) groups excluding carboxylic acids is 2. The van der Waals surface area contributed by atoms with E-state index in [0.29, 0.717) is 29.2 Å². The summed E-state index contributed by atoms with van der Waals surface area (Å²) in [5.74, 6) is 1.61. The number of rotatable bonds is 3. The molecule has 18 heavy (non-hydrogen) atoms. The van der Waals surface area contributed by atoms with Gasteiger partial charge in [0.25, 0.3) is 0 Å². The van der Waals surface area contributed by atoms with Crippen LogP contribution in [0.15, 0.2) is 12.2 Å². The molecule has 0 bridgehead atoms. The molecule has 0 aromatic rings. The third-order valence-corrected chi connectivity index (χ3v) is 5.44. The average Bonchev–Trinajstić information content (AvgIpc) is 2.77. The second-order valence-electron chi connectivity index (χ2n) is 6.47. The van der Waals surface area contributed by atoms with Gasteiger partial charge in [-0.15, -0.1) is 0 Å². The molecule has 0 radical (unpaired) electrons. The van der Waals surface area contributed by atoms with Gasteiger partial charge in [-0.3, -0.25) is 0 Å². The Morgan fingerprint density at radius 3 is 2.94 bits per heavy atom. The zero-order valence-electron chi connectivity index (χ0n) is 11.1. The third kappa shape index (κ3) is 1.56. The Labute approximate surface area is 108 Å². The molecule has 1 aliphatic heterocycles. The van der Waals surface area contributed by atoms with Gasteiger partial charge >= 0.3 is 5.97 Å². The number of hydrogen-bond donors (Lipinski definition) is 0. The van der Waals surface area contributed by atoms with Gasteiger partial charge in [0.2, 0.25) is 0 Å². The topological polar surface area (TPSA) is 43.4 Å². The zero-order chi connectivity index (χ0) is 13.1. The highest BCUT2D eigenvalue weighted by Crippen LogP contribution is 2.70. The number of esters is 1. The lowest BCUT2D eigenvalue weighted by atomic mass is 9.79. The Bertz CT molecular complexity index is 439. The number of hydrogen-bond acceptors (Lipinski definition) is 3. The van der Waals surface area contributed by atoms with Crippen molar-refractivity contribution in [1.29, 1.82) is 0 Å². The van der Waals surface area contributed by atoms with Crippen molar-refractivity contribution in [3.63, 3.8) is 0 Å². The van der Waals surface area contributed by atoms with E-state index in [1.807, 2.05) is 0 Å². The van der Waals surface area contributed by atoms with Crippen LogP contribution in [0.2, 0.25) is 0 Å². The Balaban J connectivity index is 1.69. The molecule has 1 heterocycles. The number of carbonyl (C=O) groups is 2. The summed E-state index contributed by atoms with van der Waals surface area (Å²) < 4.78 is 5.41. The average molecular weight is 248 g/mol. The maximum atomic E-state index is 11.5. The smallest absolute Gasteiger partial charge is 0.334 e. The van der Waals surface area contributed by atoms with Crippen LogP contribution in [-0.2, 0) is 14.3 Å². The first-order chi connectivity index (χ1) is 8.43. The maximum absolute atomic E-state index is 11.5. The van der Waals surface area contributed by atoms with Gasteiger partial charge in [0, 0.05) is 17.9 Å². The molecule has 3 nitrogen and oxygen atoms in total. The predicted molar refractivity (Wildman–Crippen MR) is 66.7 cm³/mol. The molecule has 3 fully saturated rings. The van der Waals surface area contributed by atoms with Crippen molar-refractivity contribution in [2.24, 2.45) is 23.2 Å². The summed E-state index contributed by atoms with van der Waals surface area (Å²) in [4.78, 5) is 22.6. The van der Waals surface area contributed by atoms with Crippen LogP contribution in [0.3, 0.4) is 0 Å². The van der Waals surface area contributed by atoms with Gasteiger partial charge in [0.15, 0.2) is 0 Å². The number of fused-ring (bicyclic) bond motifs is 2. The van der Waals surface area contributed by atoms with Crippen molar-refractivity contribution in [3.8, 4) is 0 Å². The van der Waals surface area contributed by atoms with Crippen LogP contribution >= 0.6 is 0 Å². The first-order valence-corrected chi connectivity index (χ1v) is 6.82. The fourth-order valence-corrected chi connectivity index (χ4v) is 4.25. The standard InChI is InChI=1S/C15H20O3/c1-8(16)4-5-11-12-6-10-9(2)14(17)18-13(10)7-15(11,12)3/h10-13H,2,4-7H2,1,3H3/t10-,11-,12+,13+,15+/m0/s1. The molecule has 3 aliphatic rings. The minimum absolute atomic E-state index is 0.0496. The maximum Gasteiger partial charge on any atom is 0.334 e. The Hall–Kier alpha value is -1.12. The summed E-state index contributed by atoms with van der Waals surface area (Å²) in [5.41, 5.74) is 0.959. The minimum atomic E-state index is -0.199. The highest BCUT2D eigenvalue weighted by atomic mass is 16.6. The zero-order valence-corrected chi connectivity index (χ0v) is 11.1. The molecule has 98 valence electrons. The van der Waals surface area contributed by atoms with E-state index in [-0.39, 0.29) is 23.8 Å². The highest BCUT2D eigenvalue weighted by Gasteiger charge is 2.66. The van der Waals surface area contributed by atoms with Gasteiger partial charge in [-0.05, 0) is 43.4 Å². The van der Waals surface area contributed by atoms with E-state index in [0.717, 1.165) is 19.3 Å². The highest BCUT2D eigenvalue weighted by molar-refractivity contribution is 5.90. The van der Waals surface area contributed by atoms with Crippen molar-refractivity contribution < 1.29 is 14.3 Å². The van der Waals surface area contributed by atoms with Gasteiger partial charge in [-0.2, -0.15) is 0 Å². The summed E-state index contributed by atoms with van der Waals surface area (Å²) in [5, 5.41) is 0. The van der Waals surface area contributed by atoms with Crippen LogP contribution in [0.1, 0.15) is 39.5 Å². The van der Waals surface area contributed by atoms with E-state index < -0.39 is 0 Å². The summed E-state index contributed by atoms with van der Waals surface area (Å²) in [7, 11) is 0. The lowest BCUT2D eigenvalue weighted by molar-refractivity contribution is -0.140. The fraction of sp³-hybridized carbons (Fsp3) is 0.733. The molecular weight excluding hydrogens is 228 g/mol. The number of ether oxygens (including phenoxy) is 1. The van der Waals surface area contributed by atoms with Gasteiger partial charge in [0.1, 0.15) is 11.9 Å². The van der Waals surface area contributed by atoms with Crippen molar-refractivity contribution in [2.75, 3.05) is 0 Å². The molecule has 3 rings (SSSR count). The van der Waals surface area contributed by atoms with Crippen LogP contribution in [0, 0.1) is 23.2 Å². The molecule has 2 saturated carbocycles. The molecule has 2 aliphatic carbocycles. The lowest BCUT2D eigenvalue weighted by Gasteiger charge is -2.27. The summed E-state index contributed by atoms with van der Waals surface area (Å²) in [6.45, 7) is 7.81. The van der Waals surface area contributed by atoms with Crippen molar-refractivity contribution >= 4 is 11.8 Å². The van der Waals surface area contributed by atoms with Gasteiger partial charge in [0.05, 0.1) is 0 Å². The second-order valence-corrected chi connectivity index (χ2v) is 6.47. The van der Waals surface area contributed by atoms with Crippen LogP contribution in [0.4, 0.5) is 0 Å². The molecule has 3 heteroatoms. The van der Waals surface area contributed by atoms with Crippen LogP contribution in [0.25, 0.3) is 0 Å². The Morgan fingerprint density at radius 1 is 1.56 bits per heavy atom. The largest absolute Gasteiger partial charge is 0.458 e. The van der Waals surface area contributed by atoms with E-state index in [2.05, 4.69) is 13.5 Å². The molecule has 0 aromatic heterocycles. The minimum Gasteiger partial charge on any atom is -0.458 e. The van der Waals surface area contributed by atoms with Crippen LogP contribution in [0.5, 0.6) is 0 Å². The van der Waals surface area contributed by atoms with Crippen molar-refractivity contribution in [3.05, 3.63) is 12.2 Å². The van der Waals surface area contributed by atoms with Crippen molar-refractivity contribution in [1.82, 2.24) is 0 Å². The van der Waals surface area contributed by atoms with E-state index in [1.54, 1.807) is 6.92 Å². The Morgan fingerprint density at radius 2 is 2.28 bits per heavy atom. The quantitative estimate of drug-likeness (QED) is 0.569. The molecule has 0 N–H and O–H groups in total. The summed E-state index contributed by atoms with van der Waals surface area (Å²) in [6.07, 6.45) is 3.71. The van der Waals surface area contributed by atoms with E-state index >= 15 is 0 Å². The monoisotopic (exact) mass is 248 g/mol. The van der Waals surface area contributed by atoms with Crippen LogP contribution < -0.4 is 0 Å². The first kappa shape index (κ1) is 11.9.